The topological polar surface area (TPSA) is 44.0 Å². The van der Waals surface area contributed by atoms with Crippen LogP contribution in [-0.4, -0.2) is 5.11 Å². The van der Waals surface area contributed by atoms with Crippen molar-refractivity contribution >= 4 is 11.6 Å². The summed E-state index contributed by atoms with van der Waals surface area (Å²) in [5.41, 5.74) is -0.307. The van der Waals surface area contributed by atoms with Gasteiger partial charge in [-0.3, -0.25) is 0 Å². The van der Waals surface area contributed by atoms with Gasteiger partial charge in [0.2, 0.25) is 0 Å². The van der Waals surface area contributed by atoms with Crippen LogP contribution in [0.1, 0.15) is 19.4 Å². The van der Waals surface area contributed by atoms with Gasteiger partial charge in [-0.05, 0) is 31.5 Å². The van der Waals surface area contributed by atoms with E-state index in [0.717, 1.165) is 0 Å². The van der Waals surface area contributed by atoms with Crippen LogP contribution in [0.3, 0.4) is 0 Å². The zero-order chi connectivity index (χ0) is 10.9. The van der Waals surface area contributed by atoms with Gasteiger partial charge in [0, 0.05) is 0 Å². The first-order chi connectivity index (χ1) is 6.38. The molecule has 0 spiro atoms. The normalized spacial score (nSPS) is 11.1. The maximum absolute atomic E-state index is 12.9. The second-order valence-electron chi connectivity index (χ2n) is 3.53. The molecule has 0 fully saturated rings. The van der Waals surface area contributed by atoms with Gasteiger partial charge in [-0.15, -0.1) is 0 Å². The number of halogens is 2. The predicted molar refractivity (Wildman–Crippen MR) is 51.7 cm³/mol. The van der Waals surface area contributed by atoms with E-state index in [9.17, 15) is 9.50 Å². The molecule has 0 aliphatic heterocycles. The number of nitrogens with zero attached hydrogens (tertiary/aromatic N) is 1. The molecule has 0 unspecified atom stereocenters. The third kappa shape index (κ3) is 1.80. The number of phenols is 1. The third-order valence-corrected chi connectivity index (χ3v) is 2.29. The van der Waals surface area contributed by atoms with Crippen molar-refractivity contribution in [3.63, 3.8) is 0 Å². The number of rotatable bonds is 1. The first kappa shape index (κ1) is 10.8. The van der Waals surface area contributed by atoms with Crippen LogP contribution in [0.15, 0.2) is 12.1 Å². The number of phenolic OH excluding ortho intramolecular Hbond substituents is 1. The Morgan fingerprint density at radius 1 is 1.50 bits per heavy atom. The maximum atomic E-state index is 12.9. The van der Waals surface area contributed by atoms with E-state index in [0.29, 0.717) is 5.56 Å². The highest BCUT2D eigenvalue weighted by molar-refractivity contribution is 6.31. The largest absolute Gasteiger partial charge is 0.505 e. The van der Waals surface area contributed by atoms with Gasteiger partial charge in [-0.1, -0.05) is 11.6 Å². The molecule has 0 saturated heterocycles. The Morgan fingerprint density at radius 3 is 2.50 bits per heavy atom. The van der Waals surface area contributed by atoms with E-state index in [1.807, 2.05) is 6.07 Å². The number of aromatic hydroxyl groups is 1. The lowest BCUT2D eigenvalue weighted by molar-refractivity contribution is 0.430. The van der Waals surface area contributed by atoms with E-state index in [2.05, 4.69) is 0 Å². The van der Waals surface area contributed by atoms with Gasteiger partial charge in [0.15, 0.2) is 11.6 Å². The highest BCUT2D eigenvalue weighted by Crippen LogP contribution is 2.31. The summed E-state index contributed by atoms with van der Waals surface area (Å²) in [6, 6.07) is 4.60. The smallest absolute Gasteiger partial charge is 0.183 e. The second-order valence-corrected chi connectivity index (χ2v) is 3.94. The molecule has 0 amide bonds. The molecule has 4 heteroatoms. The van der Waals surface area contributed by atoms with Crippen molar-refractivity contribution in [2.75, 3.05) is 0 Å². The van der Waals surface area contributed by atoms with Gasteiger partial charge < -0.3 is 5.11 Å². The molecule has 14 heavy (non-hydrogen) atoms. The van der Waals surface area contributed by atoms with Gasteiger partial charge in [0.1, 0.15) is 0 Å². The SMILES string of the molecule is CC(C)(C#N)c1cc(O)c(F)c(Cl)c1. The Bertz CT molecular complexity index is 386. The molecule has 0 aliphatic rings. The number of hydrogen-bond donors (Lipinski definition) is 1. The molecule has 0 aromatic heterocycles. The van der Waals surface area contributed by atoms with E-state index in [4.69, 9.17) is 16.9 Å². The summed E-state index contributed by atoms with van der Waals surface area (Å²) < 4.78 is 12.9. The fraction of sp³-hybridized carbons (Fsp3) is 0.300. The molecule has 1 aromatic rings. The number of hydrogen-bond acceptors (Lipinski definition) is 2. The predicted octanol–water partition coefficient (Wildman–Crippen LogP) is 2.99. The van der Waals surface area contributed by atoms with Gasteiger partial charge in [0.05, 0.1) is 16.5 Å². The van der Waals surface area contributed by atoms with Crippen LogP contribution >= 0.6 is 11.6 Å². The van der Waals surface area contributed by atoms with Crippen LogP contribution in [0, 0.1) is 17.1 Å². The first-order valence-electron chi connectivity index (χ1n) is 3.98. The van der Waals surface area contributed by atoms with E-state index in [1.165, 1.54) is 12.1 Å². The van der Waals surface area contributed by atoms with Crippen LogP contribution in [-0.2, 0) is 5.41 Å². The summed E-state index contributed by atoms with van der Waals surface area (Å²) in [6.45, 7) is 3.33. The number of benzene rings is 1. The molecule has 1 aromatic carbocycles. The van der Waals surface area contributed by atoms with Crippen molar-refractivity contribution < 1.29 is 9.50 Å². The molecule has 1 N–H and O–H groups in total. The Hall–Kier alpha value is -1.27. The molecule has 0 aliphatic carbocycles. The van der Waals surface area contributed by atoms with Crippen molar-refractivity contribution in [2.45, 2.75) is 19.3 Å². The average molecular weight is 214 g/mol. The Labute approximate surface area is 86.5 Å². The molecular weight excluding hydrogens is 205 g/mol. The fourth-order valence-electron chi connectivity index (χ4n) is 1.000. The minimum Gasteiger partial charge on any atom is -0.505 e. The first-order valence-corrected chi connectivity index (χ1v) is 4.36. The van der Waals surface area contributed by atoms with Crippen molar-refractivity contribution in [3.05, 3.63) is 28.5 Å². The number of nitriles is 1. The van der Waals surface area contributed by atoms with Gasteiger partial charge in [-0.25, -0.2) is 4.39 Å². The molecular formula is C10H9ClFNO. The van der Waals surface area contributed by atoms with Crippen LogP contribution in [0.4, 0.5) is 4.39 Å². The minimum absolute atomic E-state index is 0.177. The standard InChI is InChI=1S/C10H9ClFNO/c1-10(2,5-13)6-3-7(11)9(12)8(14)4-6/h3-4,14H,1-2H3. The molecule has 1 rings (SSSR count). The van der Waals surface area contributed by atoms with E-state index in [-0.39, 0.29) is 5.02 Å². The summed E-state index contributed by atoms with van der Waals surface area (Å²) >= 11 is 5.54. The lowest BCUT2D eigenvalue weighted by atomic mass is 9.86. The van der Waals surface area contributed by atoms with Crippen molar-refractivity contribution in [1.82, 2.24) is 0 Å². The van der Waals surface area contributed by atoms with Gasteiger partial charge in [-0.2, -0.15) is 5.26 Å². The molecule has 0 saturated carbocycles. The molecule has 0 bridgehead atoms. The lowest BCUT2D eigenvalue weighted by Crippen LogP contribution is -2.13. The minimum atomic E-state index is -0.857. The molecule has 74 valence electrons. The van der Waals surface area contributed by atoms with E-state index in [1.54, 1.807) is 13.8 Å². The van der Waals surface area contributed by atoms with E-state index < -0.39 is 17.0 Å². The molecule has 2 nitrogen and oxygen atoms in total. The van der Waals surface area contributed by atoms with Crippen molar-refractivity contribution in [3.8, 4) is 11.8 Å². The van der Waals surface area contributed by atoms with Crippen LogP contribution < -0.4 is 0 Å². The highest BCUT2D eigenvalue weighted by atomic mass is 35.5. The summed E-state index contributed by atoms with van der Waals surface area (Å²) in [5.74, 6) is -1.39. The maximum Gasteiger partial charge on any atom is 0.183 e. The summed E-state index contributed by atoms with van der Waals surface area (Å²) in [4.78, 5) is 0. The quantitative estimate of drug-likeness (QED) is 0.780. The van der Waals surface area contributed by atoms with Crippen LogP contribution in [0.2, 0.25) is 5.02 Å². The summed E-state index contributed by atoms with van der Waals surface area (Å²) in [5, 5.41) is 17.8. The van der Waals surface area contributed by atoms with Crippen LogP contribution in [0.25, 0.3) is 0 Å². The third-order valence-electron chi connectivity index (χ3n) is 2.01. The lowest BCUT2D eigenvalue weighted by Gasteiger charge is -2.16. The zero-order valence-corrected chi connectivity index (χ0v) is 8.56. The zero-order valence-electron chi connectivity index (χ0n) is 7.81. The average Bonchev–Trinajstić information content (AvgIpc) is 2.13. The summed E-state index contributed by atoms with van der Waals surface area (Å²) in [6.07, 6.45) is 0. The van der Waals surface area contributed by atoms with Crippen LogP contribution in [0.5, 0.6) is 5.75 Å². The van der Waals surface area contributed by atoms with Gasteiger partial charge >= 0.3 is 0 Å². The van der Waals surface area contributed by atoms with Crippen molar-refractivity contribution in [2.24, 2.45) is 0 Å². The molecule has 0 atom stereocenters. The Balaban J connectivity index is 3.35. The highest BCUT2D eigenvalue weighted by Gasteiger charge is 2.22. The second kappa shape index (κ2) is 3.47. The Kier molecular flexibility index (Phi) is 2.68. The Morgan fingerprint density at radius 2 is 2.07 bits per heavy atom. The van der Waals surface area contributed by atoms with Crippen molar-refractivity contribution in [1.29, 1.82) is 5.26 Å². The van der Waals surface area contributed by atoms with Gasteiger partial charge in [0.25, 0.3) is 0 Å². The molecule has 0 heterocycles. The summed E-state index contributed by atoms with van der Waals surface area (Å²) in [7, 11) is 0. The molecule has 0 radical (unpaired) electrons. The fourth-order valence-corrected chi connectivity index (χ4v) is 1.21. The monoisotopic (exact) mass is 213 g/mol. The van der Waals surface area contributed by atoms with E-state index >= 15 is 0 Å².